The molecular formula is C16H16O2SSe. The Kier molecular flexibility index (Phi) is 6.19. The summed E-state index contributed by atoms with van der Waals surface area (Å²) in [6.45, 7) is 2.27. The van der Waals surface area contributed by atoms with Crippen LogP contribution in [-0.2, 0) is 9.53 Å². The van der Waals surface area contributed by atoms with Gasteiger partial charge in [-0.3, -0.25) is 0 Å². The van der Waals surface area contributed by atoms with E-state index < -0.39 is 0 Å². The van der Waals surface area contributed by atoms with Crippen LogP contribution in [0, 0.1) is 0 Å². The van der Waals surface area contributed by atoms with E-state index in [1.807, 2.05) is 55.5 Å². The van der Waals surface area contributed by atoms with Crippen molar-refractivity contribution in [3.63, 3.8) is 0 Å². The monoisotopic (exact) mass is 352 g/mol. The average molecular weight is 351 g/mol. The molecule has 1 unspecified atom stereocenters. The van der Waals surface area contributed by atoms with E-state index >= 15 is 0 Å². The van der Waals surface area contributed by atoms with Gasteiger partial charge in [-0.05, 0) is 0 Å². The van der Waals surface area contributed by atoms with Crippen molar-refractivity contribution in [2.45, 2.75) is 16.0 Å². The molecule has 0 radical (unpaired) electrons. The van der Waals surface area contributed by atoms with E-state index in [1.165, 1.54) is 4.46 Å². The molecule has 2 nitrogen and oxygen atoms in total. The van der Waals surface area contributed by atoms with Crippen molar-refractivity contribution in [2.24, 2.45) is 0 Å². The van der Waals surface area contributed by atoms with E-state index in [-0.39, 0.29) is 25.1 Å². The van der Waals surface area contributed by atoms with Crippen molar-refractivity contribution in [2.75, 3.05) is 6.61 Å². The molecule has 0 fully saturated rings. The average Bonchev–Trinajstić information content (AvgIpc) is 2.49. The van der Waals surface area contributed by atoms with Gasteiger partial charge in [0.05, 0.1) is 0 Å². The summed E-state index contributed by atoms with van der Waals surface area (Å²) < 4.78 is 6.27. The molecule has 0 spiro atoms. The fourth-order valence-corrected chi connectivity index (χ4v) is 5.45. The summed E-state index contributed by atoms with van der Waals surface area (Å²) in [5.74, 6) is -0.120. The van der Waals surface area contributed by atoms with Gasteiger partial charge in [-0.25, -0.2) is 0 Å². The Morgan fingerprint density at radius 2 is 1.70 bits per heavy atom. The van der Waals surface area contributed by atoms with Crippen molar-refractivity contribution in [1.82, 2.24) is 0 Å². The molecule has 0 aliphatic rings. The second kappa shape index (κ2) is 8.15. The van der Waals surface area contributed by atoms with E-state index in [0.717, 1.165) is 4.90 Å². The van der Waals surface area contributed by atoms with E-state index in [9.17, 15) is 4.79 Å². The molecule has 0 saturated heterocycles. The van der Waals surface area contributed by atoms with Gasteiger partial charge in [0.25, 0.3) is 0 Å². The molecule has 0 aromatic heterocycles. The number of ether oxygens (including phenoxy) is 1. The van der Waals surface area contributed by atoms with Crippen LogP contribution in [0.5, 0.6) is 0 Å². The second-order valence-electron chi connectivity index (χ2n) is 3.95. The number of carbonyl (C=O) groups is 1. The molecular weight excluding hydrogens is 335 g/mol. The van der Waals surface area contributed by atoms with E-state index in [2.05, 4.69) is 12.1 Å². The van der Waals surface area contributed by atoms with Crippen LogP contribution in [0.1, 0.15) is 6.92 Å². The molecule has 0 N–H and O–H groups in total. The van der Waals surface area contributed by atoms with Crippen LogP contribution in [0.15, 0.2) is 65.6 Å². The first-order valence-corrected chi connectivity index (χ1v) is 9.12. The molecule has 4 heteroatoms. The van der Waals surface area contributed by atoms with E-state index in [0.29, 0.717) is 6.61 Å². The van der Waals surface area contributed by atoms with E-state index in [4.69, 9.17) is 4.74 Å². The quantitative estimate of drug-likeness (QED) is 0.455. The Hall–Kier alpha value is -1.22. The molecule has 104 valence electrons. The summed E-state index contributed by atoms with van der Waals surface area (Å²) in [6.07, 6.45) is 0. The van der Waals surface area contributed by atoms with Crippen LogP contribution >= 0.6 is 11.8 Å². The fourth-order valence-electron chi connectivity index (χ4n) is 1.58. The Morgan fingerprint density at radius 1 is 1.10 bits per heavy atom. The van der Waals surface area contributed by atoms with Crippen LogP contribution in [0.4, 0.5) is 0 Å². The SMILES string of the molecule is CCOC(=O)C(Sc1ccccc1)[Se]c1ccccc1. The third-order valence-corrected chi connectivity index (χ3v) is 6.50. The van der Waals surface area contributed by atoms with Crippen LogP contribution in [-0.4, -0.2) is 31.7 Å². The predicted octanol–water partition coefficient (Wildman–Crippen LogP) is 2.70. The molecule has 2 aromatic rings. The maximum atomic E-state index is 12.1. The molecule has 0 bridgehead atoms. The first-order valence-electron chi connectivity index (χ1n) is 6.39. The molecule has 0 heterocycles. The van der Waals surface area contributed by atoms with Gasteiger partial charge < -0.3 is 0 Å². The number of hydrogen-bond acceptors (Lipinski definition) is 3. The Morgan fingerprint density at radius 3 is 2.30 bits per heavy atom. The standard InChI is InChI=1S/C16H16O2SSe/c1-2-18-15(17)16(19-13-9-5-3-6-10-13)20-14-11-7-4-8-12-14/h3-12,16H,2H2,1H3. The first kappa shape index (κ1) is 15.2. The summed E-state index contributed by atoms with van der Waals surface area (Å²) in [5, 5.41) is 0. The molecule has 0 amide bonds. The number of hydrogen-bond donors (Lipinski definition) is 0. The van der Waals surface area contributed by atoms with Gasteiger partial charge in [0.15, 0.2) is 0 Å². The van der Waals surface area contributed by atoms with Crippen molar-refractivity contribution >= 4 is 37.1 Å². The Bertz CT molecular complexity index is 489. The predicted molar refractivity (Wildman–Crippen MR) is 84.6 cm³/mol. The fraction of sp³-hybridized carbons (Fsp3) is 0.188. The molecule has 2 rings (SSSR count). The Labute approximate surface area is 130 Å². The summed E-state index contributed by atoms with van der Waals surface area (Å²) in [7, 11) is 0. The van der Waals surface area contributed by atoms with Crippen LogP contribution in [0.3, 0.4) is 0 Å². The molecule has 0 aliphatic heterocycles. The van der Waals surface area contributed by atoms with Crippen LogP contribution < -0.4 is 4.46 Å². The van der Waals surface area contributed by atoms with E-state index in [1.54, 1.807) is 11.8 Å². The van der Waals surface area contributed by atoms with Crippen molar-refractivity contribution < 1.29 is 9.53 Å². The zero-order chi connectivity index (χ0) is 14.2. The topological polar surface area (TPSA) is 26.3 Å². The Balaban J connectivity index is 2.10. The zero-order valence-electron chi connectivity index (χ0n) is 11.2. The van der Waals surface area contributed by atoms with Crippen molar-refractivity contribution in [3.8, 4) is 0 Å². The summed E-state index contributed by atoms with van der Waals surface area (Å²) in [4.78, 5) is 13.2. The molecule has 2 aromatic carbocycles. The molecule has 0 saturated carbocycles. The third kappa shape index (κ3) is 4.71. The van der Waals surface area contributed by atoms with Gasteiger partial charge in [0.1, 0.15) is 0 Å². The van der Waals surface area contributed by atoms with Gasteiger partial charge >= 0.3 is 130 Å². The van der Waals surface area contributed by atoms with Crippen LogP contribution in [0.25, 0.3) is 0 Å². The minimum absolute atomic E-state index is 0.0496. The van der Waals surface area contributed by atoms with Gasteiger partial charge in [-0.15, -0.1) is 0 Å². The number of thioether (sulfide) groups is 1. The number of benzene rings is 2. The summed E-state index contributed by atoms with van der Waals surface area (Å²) in [5.41, 5.74) is 0. The molecule has 0 aliphatic carbocycles. The number of rotatable bonds is 6. The van der Waals surface area contributed by atoms with Gasteiger partial charge in [-0.1, -0.05) is 0 Å². The molecule has 1 atom stereocenters. The van der Waals surface area contributed by atoms with Crippen LogP contribution in [0.2, 0.25) is 0 Å². The van der Waals surface area contributed by atoms with Gasteiger partial charge in [0, 0.05) is 0 Å². The summed E-state index contributed by atoms with van der Waals surface area (Å²) in [6, 6.07) is 20.1. The number of esters is 1. The maximum absolute atomic E-state index is 12.1. The second-order valence-corrected chi connectivity index (χ2v) is 8.27. The van der Waals surface area contributed by atoms with Gasteiger partial charge in [0.2, 0.25) is 0 Å². The van der Waals surface area contributed by atoms with Crippen molar-refractivity contribution in [1.29, 1.82) is 0 Å². The van der Waals surface area contributed by atoms with Crippen molar-refractivity contribution in [3.05, 3.63) is 60.7 Å². The summed E-state index contributed by atoms with van der Waals surface area (Å²) >= 11 is 1.63. The molecule has 20 heavy (non-hydrogen) atoms. The number of carbonyl (C=O) groups excluding carboxylic acids is 1. The first-order chi connectivity index (χ1) is 9.79. The zero-order valence-corrected chi connectivity index (χ0v) is 13.7. The third-order valence-electron chi connectivity index (χ3n) is 2.45. The normalized spacial score (nSPS) is 11.8. The minimum atomic E-state index is -0.146. The van der Waals surface area contributed by atoms with Gasteiger partial charge in [-0.2, -0.15) is 0 Å².